The Morgan fingerprint density at radius 1 is 1.16 bits per heavy atom. The Bertz CT molecular complexity index is 689. The number of amides is 1. The number of carbonyl (C=O) groups excluding carboxylic acids is 1. The summed E-state index contributed by atoms with van der Waals surface area (Å²) in [5.74, 6) is 1.21. The maximum absolute atomic E-state index is 13.1. The van der Waals surface area contributed by atoms with Crippen molar-refractivity contribution in [3.8, 4) is 0 Å². The van der Waals surface area contributed by atoms with E-state index in [-0.39, 0.29) is 12.0 Å². The van der Waals surface area contributed by atoms with Crippen LogP contribution in [0.1, 0.15) is 25.7 Å². The van der Waals surface area contributed by atoms with Gasteiger partial charge in [0.05, 0.1) is 24.7 Å². The molecule has 2 saturated heterocycles. The van der Waals surface area contributed by atoms with Gasteiger partial charge in [0.15, 0.2) is 0 Å². The van der Waals surface area contributed by atoms with Crippen LogP contribution in [-0.2, 0) is 11.3 Å². The molecule has 2 aromatic heterocycles. The minimum atomic E-state index is 0.0500. The van der Waals surface area contributed by atoms with Crippen molar-refractivity contribution in [1.29, 1.82) is 0 Å². The van der Waals surface area contributed by atoms with Gasteiger partial charge in [0.25, 0.3) is 0 Å². The zero-order valence-electron chi connectivity index (χ0n) is 14.4. The first kappa shape index (κ1) is 16.1. The molecule has 25 heavy (non-hydrogen) atoms. The van der Waals surface area contributed by atoms with E-state index in [0.717, 1.165) is 57.7 Å². The van der Waals surface area contributed by atoms with Crippen molar-refractivity contribution in [2.24, 2.45) is 5.92 Å². The number of aromatic nitrogens is 4. The van der Waals surface area contributed by atoms with Crippen molar-refractivity contribution >= 4 is 11.7 Å². The first-order chi connectivity index (χ1) is 12.3. The van der Waals surface area contributed by atoms with E-state index in [1.807, 2.05) is 16.9 Å². The van der Waals surface area contributed by atoms with Crippen LogP contribution in [0.3, 0.4) is 0 Å². The average molecular weight is 340 g/mol. The van der Waals surface area contributed by atoms with E-state index in [9.17, 15) is 4.79 Å². The lowest BCUT2D eigenvalue weighted by Crippen LogP contribution is -2.47. The Morgan fingerprint density at radius 3 is 2.88 bits per heavy atom. The molecule has 4 rings (SSSR count). The number of anilines is 1. The monoisotopic (exact) mass is 340 g/mol. The Morgan fingerprint density at radius 2 is 2.08 bits per heavy atom. The van der Waals surface area contributed by atoms with Gasteiger partial charge in [-0.1, -0.05) is 0 Å². The number of hydrogen-bond donors (Lipinski definition) is 0. The van der Waals surface area contributed by atoms with Crippen molar-refractivity contribution in [3.63, 3.8) is 0 Å². The molecule has 7 heteroatoms. The summed E-state index contributed by atoms with van der Waals surface area (Å²) in [6, 6.07) is 2.19. The Hall–Kier alpha value is -2.44. The maximum Gasteiger partial charge on any atom is 0.227 e. The zero-order valence-corrected chi connectivity index (χ0v) is 14.4. The summed E-state index contributed by atoms with van der Waals surface area (Å²) in [7, 11) is 0. The number of likely N-dealkylation sites (tertiary alicyclic amines) is 1. The molecule has 0 saturated carbocycles. The highest BCUT2D eigenvalue weighted by Gasteiger charge is 2.35. The summed E-state index contributed by atoms with van der Waals surface area (Å²) >= 11 is 0. The Balaban J connectivity index is 1.42. The lowest BCUT2D eigenvalue weighted by Gasteiger charge is -2.36. The summed E-state index contributed by atoms with van der Waals surface area (Å²) in [6.07, 6.45) is 13.1. The van der Waals surface area contributed by atoms with Gasteiger partial charge in [-0.25, -0.2) is 4.98 Å². The van der Waals surface area contributed by atoms with E-state index >= 15 is 0 Å². The normalized spacial score (nSPS) is 23.8. The third-order valence-corrected chi connectivity index (χ3v) is 5.26. The third-order valence-electron chi connectivity index (χ3n) is 5.26. The molecule has 1 amide bonds. The molecule has 0 aromatic carbocycles. The summed E-state index contributed by atoms with van der Waals surface area (Å²) < 4.78 is 1.93. The molecule has 0 N–H and O–H groups in total. The SMILES string of the molecule is O=C([C@H]1CCCN(c2cnccn2)C1)N1CCC[C@H]1Cn1cccn1. The molecule has 7 nitrogen and oxygen atoms in total. The van der Waals surface area contributed by atoms with E-state index in [1.54, 1.807) is 24.8 Å². The topological polar surface area (TPSA) is 67.2 Å². The minimum absolute atomic E-state index is 0.0500. The van der Waals surface area contributed by atoms with Crippen molar-refractivity contribution in [1.82, 2.24) is 24.6 Å². The number of piperidine rings is 1. The first-order valence-electron chi connectivity index (χ1n) is 9.10. The second-order valence-corrected chi connectivity index (χ2v) is 6.90. The lowest BCUT2D eigenvalue weighted by atomic mass is 9.96. The fourth-order valence-corrected chi connectivity index (χ4v) is 4.02. The third kappa shape index (κ3) is 3.50. The van der Waals surface area contributed by atoms with Gasteiger partial charge in [-0.2, -0.15) is 5.10 Å². The van der Waals surface area contributed by atoms with Crippen LogP contribution in [0, 0.1) is 5.92 Å². The largest absolute Gasteiger partial charge is 0.355 e. The van der Waals surface area contributed by atoms with E-state index in [1.165, 1.54) is 0 Å². The highest BCUT2D eigenvalue weighted by molar-refractivity contribution is 5.80. The molecule has 0 bridgehead atoms. The van der Waals surface area contributed by atoms with Crippen LogP contribution in [0.4, 0.5) is 5.82 Å². The molecule has 0 spiro atoms. The van der Waals surface area contributed by atoms with E-state index in [4.69, 9.17) is 0 Å². The quantitative estimate of drug-likeness (QED) is 0.845. The van der Waals surface area contributed by atoms with E-state index in [2.05, 4.69) is 24.9 Å². The highest BCUT2D eigenvalue weighted by atomic mass is 16.2. The molecule has 2 atom stereocenters. The van der Waals surface area contributed by atoms with E-state index < -0.39 is 0 Å². The second-order valence-electron chi connectivity index (χ2n) is 6.90. The number of hydrogen-bond acceptors (Lipinski definition) is 5. The number of rotatable bonds is 4. The summed E-state index contributed by atoms with van der Waals surface area (Å²) in [6.45, 7) is 3.34. The molecule has 2 aliphatic rings. The Labute approximate surface area is 147 Å². The predicted molar refractivity (Wildman–Crippen MR) is 93.9 cm³/mol. The van der Waals surface area contributed by atoms with Crippen LogP contribution in [0.25, 0.3) is 0 Å². The van der Waals surface area contributed by atoms with Crippen molar-refractivity contribution < 1.29 is 4.79 Å². The van der Waals surface area contributed by atoms with Crippen molar-refractivity contribution in [2.75, 3.05) is 24.5 Å². The lowest BCUT2D eigenvalue weighted by molar-refractivity contribution is -0.136. The van der Waals surface area contributed by atoms with Gasteiger partial charge in [-0.05, 0) is 31.7 Å². The highest BCUT2D eigenvalue weighted by Crippen LogP contribution is 2.27. The van der Waals surface area contributed by atoms with Crippen LogP contribution in [0.15, 0.2) is 37.1 Å². The molecular formula is C18H24N6O. The van der Waals surface area contributed by atoms with Crippen LogP contribution in [0.2, 0.25) is 0 Å². The van der Waals surface area contributed by atoms with Crippen LogP contribution in [-0.4, -0.2) is 56.2 Å². The maximum atomic E-state index is 13.1. The molecule has 2 aromatic rings. The van der Waals surface area contributed by atoms with Gasteiger partial charge in [0, 0.05) is 44.4 Å². The van der Waals surface area contributed by atoms with Crippen LogP contribution < -0.4 is 4.90 Å². The smallest absolute Gasteiger partial charge is 0.227 e. The minimum Gasteiger partial charge on any atom is -0.355 e. The predicted octanol–water partition coefficient (Wildman–Crippen LogP) is 1.58. The number of nitrogens with zero attached hydrogens (tertiary/aromatic N) is 6. The molecule has 2 fully saturated rings. The second kappa shape index (κ2) is 7.21. The van der Waals surface area contributed by atoms with Crippen LogP contribution >= 0.6 is 0 Å². The Kier molecular flexibility index (Phi) is 4.63. The molecule has 132 valence electrons. The fraction of sp³-hybridized carbons (Fsp3) is 0.556. The van der Waals surface area contributed by atoms with E-state index in [0.29, 0.717) is 5.91 Å². The number of carbonyl (C=O) groups is 1. The van der Waals surface area contributed by atoms with Gasteiger partial charge in [-0.15, -0.1) is 0 Å². The molecule has 0 unspecified atom stereocenters. The zero-order chi connectivity index (χ0) is 17.1. The van der Waals surface area contributed by atoms with Crippen LogP contribution in [0.5, 0.6) is 0 Å². The molecule has 0 aliphatic carbocycles. The summed E-state index contributed by atoms with van der Waals surface area (Å²) in [5, 5.41) is 4.29. The molecule has 4 heterocycles. The molecule has 0 radical (unpaired) electrons. The fourth-order valence-electron chi connectivity index (χ4n) is 4.02. The van der Waals surface area contributed by atoms with Gasteiger partial charge >= 0.3 is 0 Å². The first-order valence-corrected chi connectivity index (χ1v) is 9.10. The van der Waals surface area contributed by atoms with Crippen molar-refractivity contribution in [2.45, 2.75) is 38.3 Å². The van der Waals surface area contributed by atoms with Gasteiger partial charge in [0.2, 0.25) is 5.91 Å². The summed E-state index contributed by atoms with van der Waals surface area (Å²) in [5.41, 5.74) is 0. The molecule has 2 aliphatic heterocycles. The van der Waals surface area contributed by atoms with Gasteiger partial charge < -0.3 is 9.80 Å². The standard InChI is InChI=1S/C18H24N6O/c25-18(24-11-2-5-16(24)14-23-10-3-6-21-23)15-4-1-9-22(13-15)17-12-19-7-8-20-17/h3,6-8,10,12,15-16H,1-2,4-5,9,11,13-14H2/t15-,16-/m0/s1. The summed E-state index contributed by atoms with van der Waals surface area (Å²) in [4.78, 5) is 26.0. The molecular weight excluding hydrogens is 316 g/mol. The van der Waals surface area contributed by atoms with Gasteiger partial charge in [-0.3, -0.25) is 14.5 Å². The van der Waals surface area contributed by atoms with Gasteiger partial charge in [0.1, 0.15) is 5.82 Å². The van der Waals surface area contributed by atoms with Crippen molar-refractivity contribution in [3.05, 3.63) is 37.1 Å². The average Bonchev–Trinajstić information content (AvgIpc) is 3.34.